The predicted octanol–water partition coefficient (Wildman–Crippen LogP) is 5.10. The molecule has 0 aliphatic heterocycles. The first-order valence-corrected chi connectivity index (χ1v) is 8.88. The van der Waals surface area contributed by atoms with Crippen LogP contribution in [0.1, 0.15) is 43.0 Å². The molecule has 0 fully saturated rings. The van der Waals surface area contributed by atoms with Crippen molar-refractivity contribution in [3.05, 3.63) is 58.3 Å². The van der Waals surface area contributed by atoms with Gasteiger partial charge in [-0.1, -0.05) is 56.7 Å². The second-order valence-electron chi connectivity index (χ2n) is 5.84. The van der Waals surface area contributed by atoms with E-state index in [1.54, 1.807) is 0 Å². The van der Waals surface area contributed by atoms with Crippen LogP contribution in [0.3, 0.4) is 0 Å². The van der Waals surface area contributed by atoms with Crippen molar-refractivity contribution in [3.63, 3.8) is 0 Å². The van der Waals surface area contributed by atoms with Crippen molar-refractivity contribution in [2.45, 2.75) is 45.1 Å². The molecule has 0 spiro atoms. The SMILES string of the molecule is CCC(C)C(c1ccccc1)C(CCc1cccs1)NC. The Morgan fingerprint density at radius 3 is 2.43 bits per heavy atom. The van der Waals surface area contributed by atoms with E-state index in [1.165, 1.54) is 29.7 Å². The number of benzene rings is 1. The first-order valence-electron chi connectivity index (χ1n) is 8.00. The van der Waals surface area contributed by atoms with Gasteiger partial charge < -0.3 is 5.32 Å². The predicted molar refractivity (Wildman–Crippen MR) is 94.1 cm³/mol. The Balaban J connectivity index is 2.13. The zero-order valence-corrected chi connectivity index (χ0v) is 14.2. The summed E-state index contributed by atoms with van der Waals surface area (Å²) >= 11 is 1.87. The molecule has 3 atom stereocenters. The first-order chi connectivity index (χ1) is 10.3. The van der Waals surface area contributed by atoms with E-state index in [4.69, 9.17) is 0 Å². The van der Waals surface area contributed by atoms with Crippen LogP contribution < -0.4 is 5.32 Å². The van der Waals surface area contributed by atoms with Crippen LogP contribution in [0.2, 0.25) is 0 Å². The first kappa shape index (κ1) is 16.3. The van der Waals surface area contributed by atoms with Crippen LogP contribution in [0.5, 0.6) is 0 Å². The number of nitrogens with one attached hydrogen (secondary N) is 1. The maximum absolute atomic E-state index is 3.58. The fraction of sp³-hybridized carbons (Fsp3) is 0.474. The summed E-state index contributed by atoms with van der Waals surface area (Å²) in [6, 6.07) is 15.9. The van der Waals surface area contributed by atoms with Gasteiger partial charge in [-0.15, -0.1) is 11.3 Å². The molecule has 2 rings (SSSR count). The van der Waals surface area contributed by atoms with Crippen molar-refractivity contribution in [2.24, 2.45) is 5.92 Å². The lowest BCUT2D eigenvalue weighted by atomic mass is 9.78. The molecular formula is C19H27NS. The molecule has 0 radical (unpaired) electrons. The maximum Gasteiger partial charge on any atom is 0.0139 e. The van der Waals surface area contributed by atoms with Crippen molar-refractivity contribution < 1.29 is 0 Å². The van der Waals surface area contributed by atoms with Crippen molar-refractivity contribution in [1.29, 1.82) is 0 Å². The summed E-state index contributed by atoms with van der Waals surface area (Å²) in [5.41, 5.74) is 1.47. The molecule has 1 aromatic carbocycles. The van der Waals surface area contributed by atoms with E-state index in [0.717, 1.165) is 0 Å². The van der Waals surface area contributed by atoms with Crippen LogP contribution in [-0.4, -0.2) is 13.1 Å². The Morgan fingerprint density at radius 2 is 1.86 bits per heavy atom. The highest BCUT2D eigenvalue weighted by Gasteiger charge is 2.26. The number of rotatable bonds is 8. The monoisotopic (exact) mass is 301 g/mol. The number of hydrogen-bond donors (Lipinski definition) is 1. The maximum atomic E-state index is 3.58. The van der Waals surface area contributed by atoms with E-state index in [1.807, 2.05) is 11.3 Å². The molecule has 0 saturated heterocycles. The van der Waals surface area contributed by atoms with Crippen LogP contribution in [0.25, 0.3) is 0 Å². The molecule has 0 aliphatic rings. The average molecular weight is 301 g/mol. The quantitative estimate of drug-likeness (QED) is 0.715. The topological polar surface area (TPSA) is 12.0 Å². The molecule has 2 aromatic rings. The number of likely N-dealkylation sites (N-methyl/N-ethyl adjacent to an activating group) is 1. The standard InChI is InChI=1S/C19H27NS/c1-4-15(2)19(16-9-6-5-7-10-16)18(20-3)13-12-17-11-8-14-21-17/h5-11,14-15,18-20H,4,12-13H2,1-3H3. The minimum Gasteiger partial charge on any atom is -0.316 e. The second kappa shape index (κ2) is 8.35. The lowest BCUT2D eigenvalue weighted by Gasteiger charge is -2.32. The smallest absolute Gasteiger partial charge is 0.0139 e. The summed E-state index contributed by atoms with van der Waals surface area (Å²) in [6.45, 7) is 4.68. The van der Waals surface area contributed by atoms with Crippen LogP contribution in [0.15, 0.2) is 47.8 Å². The van der Waals surface area contributed by atoms with E-state index >= 15 is 0 Å². The van der Waals surface area contributed by atoms with Crippen LogP contribution in [0.4, 0.5) is 0 Å². The van der Waals surface area contributed by atoms with Gasteiger partial charge in [0, 0.05) is 16.8 Å². The molecule has 1 nitrogen and oxygen atoms in total. The summed E-state index contributed by atoms with van der Waals surface area (Å²) in [4.78, 5) is 1.49. The van der Waals surface area contributed by atoms with E-state index in [2.05, 4.69) is 74.1 Å². The summed E-state index contributed by atoms with van der Waals surface area (Å²) < 4.78 is 0. The molecule has 0 amide bonds. The van der Waals surface area contributed by atoms with Gasteiger partial charge in [0.1, 0.15) is 0 Å². The Hall–Kier alpha value is -1.12. The zero-order valence-electron chi connectivity index (χ0n) is 13.4. The molecule has 1 N–H and O–H groups in total. The highest BCUT2D eigenvalue weighted by Crippen LogP contribution is 2.32. The summed E-state index contributed by atoms with van der Waals surface area (Å²) in [6.07, 6.45) is 3.58. The number of aryl methyl sites for hydroxylation is 1. The molecule has 114 valence electrons. The van der Waals surface area contributed by atoms with Crippen LogP contribution >= 0.6 is 11.3 Å². The molecule has 1 aromatic heterocycles. The van der Waals surface area contributed by atoms with E-state index in [-0.39, 0.29) is 0 Å². The molecule has 0 aliphatic carbocycles. The van der Waals surface area contributed by atoms with Gasteiger partial charge in [0.05, 0.1) is 0 Å². The van der Waals surface area contributed by atoms with E-state index < -0.39 is 0 Å². The van der Waals surface area contributed by atoms with Crippen molar-refractivity contribution in [3.8, 4) is 0 Å². The zero-order chi connectivity index (χ0) is 15.1. The van der Waals surface area contributed by atoms with Gasteiger partial charge in [-0.2, -0.15) is 0 Å². The Morgan fingerprint density at radius 1 is 1.10 bits per heavy atom. The molecule has 2 heteroatoms. The van der Waals surface area contributed by atoms with E-state index in [0.29, 0.717) is 17.9 Å². The summed E-state index contributed by atoms with van der Waals surface area (Å²) in [7, 11) is 2.11. The molecule has 21 heavy (non-hydrogen) atoms. The van der Waals surface area contributed by atoms with Gasteiger partial charge in [-0.05, 0) is 42.8 Å². The molecule has 3 unspecified atom stereocenters. The fourth-order valence-corrected chi connectivity index (χ4v) is 3.87. The van der Waals surface area contributed by atoms with Gasteiger partial charge in [0.2, 0.25) is 0 Å². The van der Waals surface area contributed by atoms with Gasteiger partial charge >= 0.3 is 0 Å². The largest absolute Gasteiger partial charge is 0.316 e. The Labute approximate surface area is 133 Å². The minimum absolute atomic E-state index is 0.532. The normalized spacial score (nSPS) is 15.6. The summed E-state index contributed by atoms with van der Waals surface area (Å²) in [5.74, 6) is 1.27. The highest BCUT2D eigenvalue weighted by molar-refractivity contribution is 7.09. The summed E-state index contributed by atoms with van der Waals surface area (Å²) in [5, 5.41) is 5.76. The molecule has 0 saturated carbocycles. The molecule has 0 bridgehead atoms. The fourth-order valence-electron chi connectivity index (χ4n) is 3.14. The Bertz CT molecular complexity index is 492. The van der Waals surface area contributed by atoms with E-state index in [9.17, 15) is 0 Å². The third kappa shape index (κ3) is 4.42. The lowest BCUT2D eigenvalue weighted by Crippen LogP contribution is -2.35. The second-order valence-corrected chi connectivity index (χ2v) is 6.87. The number of hydrogen-bond acceptors (Lipinski definition) is 2. The van der Waals surface area contributed by atoms with Crippen LogP contribution in [0, 0.1) is 5.92 Å². The van der Waals surface area contributed by atoms with Crippen molar-refractivity contribution >= 4 is 11.3 Å². The minimum atomic E-state index is 0.532. The van der Waals surface area contributed by atoms with Crippen molar-refractivity contribution in [2.75, 3.05) is 7.05 Å². The highest BCUT2D eigenvalue weighted by atomic mass is 32.1. The van der Waals surface area contributed by atoms with Gasteiger partial charge in [0.15, 0.2) is 0 Å². The Kier molecular flexibility index (Phi) is 6.47. The lowest BCUT2D eigenvalue weighted by molar-refractivity contribution is 0.335. The third-order valence-corrected chi connectivity index (χ3v) is 5.46. The van der Waals surface area contributed by atoms with Gasteiger partial charge in [-0.3, -0.25) is 0 Å². The van der Waals surface area contributed by atoms with Gasteiger partial charge in [0.25, 0.3) is 0 Å². The molecular weight excluding hydrogens is 274 g/mol. The third-order valence-electron chi connectivity index (χ3n) is 4.53. The van der Waals surface area contributed by atoms with Gasteiger partial charge in [-0.25, -0.2) is 0 Å². The van der Waals surface area contributed by atoms with Crippen molar-refractivity contribution in [1.82, 2.24) is 5.32 Å². The van der Waals surface area contributed by atoms with Crippen LogP contribution in [-0.2, 0) is 6.42 Å². The number of thiophene rings is 1. The molecule has 1 heterocycles. The average Bonchev–Trinajstić information content (AvgIpc) is 3.05.